The highest BCUT2D eigenvalue weighted by molar-refractivity contribution is 7.80. The van der Waals surface area contributed by atoms with E-state index in [4.69, 9.17) is 26.4 Å². The molecule has 0 atom stereocenters. The van der Waals surface area contributed by atoms with Crippen LogP contribution >= 0.6 is 12.2 Å². The van der Waals surface area contributed by atoms with Crippen molar-refractivity contribution in [3.63, 3.8) is 0 Å². The van der Waals surface area contributed by atoms with E-state index in [9.17, 15) is 0 Å². The fraction of sp³-hybridized carbons (Fsp3) is 0.333. The number of rotatable bonds is 5. The maximum atomic E-state index is 5.28. The Kier molecular flexibility index (Phi) is 4.93. The van der Waals surface area contributed by atoms with Crippen molar-refractivity contribution in [1.29, 1.82) is 0 Å². The normalized spacial score (nSPS) is 12.7. The topological polar surface area (TPSA) is 64.1 Å². The van der Waals surface area contributed by atoms with Crippen molar-refractivity contribution in [3.05, 3.63) is 23.8 Å². The second-order valence-electron chi connectivity index (χ2n) is 3.73. The second kappa shape index (κ2) is 6.91. The zero-order valence-electron chi connectivity index (χ0n) is 10.5. The molecule has 0 amide bonds. The zero-order valence-corrected chi connectivity index (χ0v) is 11.3. The van der Waals surface area contributed by atoms with Crippen molar-refractivity contribution < 1.29 is 14.2 Å². The summed E-state index contributed by atoms with van der Waals surface area (Å²) in [5.41, 5.74) is 3.62. The molecule has 0 aliphatic carbocycles. The van der Waals surface area contributed by atoms with Gasteiger partial charge in [0.15, 0.2) is 16.6 Å². The van der Waals surface area contributed by atoms with E-state index in [0.717, 1.165) is 17.1 Å². The van der Waals surface area contributed by atoms with Gasteiger partial charge in [-0.2, -0.15) is 5.10 Å². The van der Waals surface area contributed by atoms with Crippen molar-refractivity contribution >= 4 is 23.5 Å². The fourth-order valence-corrected chi connectivity index (χ4v) is 1.62. The average molecular weight is 281 g/mol. The molecular formula is C12H15N3O3S. The Balaban J connectivity index is 1.80. The lowest BCUT2D eigenvalue weighted by Crippen LogP contribution is -2.34. The van der Waals surface area contributed by atoms with Gasteiger partial charge in [0.1, 0.15) is 0 Å². The minimum Gasteiger partial charge on any atom is -0.454 e. The first-order valence-corrected chi connectivity index (χ1v) is 6.16. The summed E-state index contributed by atoms with van der Waals surface area (Å²) in [4.78, 5) is 0. The number of nitrogens with one attached hydrogen (secondary N) is 2. The van der Waals surface area contributed by atoms with Crippen LogP contribution in [-0.4, -0.2) is 38.4 Å². The Hall–Kier alpha value is -1.86. The molecule has 0 bridgehead atoms. The van der Waals surface area contributed by atoms with Gasteiger partial charge in [0.25, 0.3) is 0 Å². The number of thiocarbonyl (C=S) groups is 1. The maximum Gasteiger partial charge on any atom is 0.231 e. The Morgan fingerprint density at radius 3 is 3.16 bits per heavy atom. The second-order valence-corrected chi connectivity index (χ2v) is 4.14. The summed E-state index contributed by atoms with van der Waals surface area (Å²) in [5, 5.41) is 7.43. The highest BCUT2D eigenvalue weighted by Crippen LogP contribution is 2.31. The molecule has 0 radical (unpaired) electrons. The maximum absolute atomic E-state index is 5.28. The van der Waals surface area contributed by atoms with Crippen LogP contribution in [0, 0.1) is 0 Å². The van der Waals surface area contributed by atoms with E-state index in [0.29, 0.717) is 18.3 Å². The van der Waals surface area contributed by atoms with Crippen molar-refractivity contribution in [3.8, 4) is 11.5 Å². The van der Waals surface area contributed by atoms with Gasteiger partial charge in [0.2, 0.25) is 6.79 Å². The molecule has 102 valence electrons. The molecule has 1 aromatic carbocycles. The summed E-state index contributed by atoms with van der Waals surface area (Å²) >= 11 is 5.03. The van der Waals surface area contributed by atoms with Crippen LogP contribution in [0.2, 0.25) is 0 Å². The smallest absolute Gasteiger partial charge is 0.231 e. The van der Waals surface area contributed by atoms with E-state index in [1.54, 1.807) is 13.3 Å². The summed E-state index contributed by atoms with van der Waals surface area (Å²) in [6, 6.07) is 5.59. The summed E-state index contributed by atoms with van der Waals surface area (Å²) in [6.07, 6.45) is 1.66. The molecule has 19 heavy (non-hydrogen) atoms. The fourth-order valence-electron chi connectivity index (χ4n) is 1.47. The van der Waals surface area contributed by atoms with Crippen molar-refractivity contribution in [2.24, 2.45) is 5.10 Å². The molecule has 1 aliphatic rings. The predicted molar refractivity (Wildman–Crippen MR) is 75.8 cm³/mol. The monoisotopic (exact) mass is 281 g/mol. The third-order valence-corrected chi connectivity index (χ3v) is 2.60. The van der Waals surface area contributed by atoms with Crippen molar-refractivity contribution in [2.75, 3.05) is 27.1 Å². The van der Waals surface area contributed by atoms with E-state index in [1.165, 1.54) is 0 Å². The molecule has 0 saturated heterocycles. The molecule has 0 fully saturated rings. The third kappa shape index (κ3) is 4.08. The minimum atomic E-state index is 0.266. The van der Waals surface area contributed by atoms with E-state index in [1.807, 2.05) is 18.2 Å². The minimum absolute atomic E-state index is 0.266. The molecule has 6 nitrogen and oxygen atoms in total. The first kappa shape index (κ1) is 13.6. The molecule has 0 spiro atoms. The van der Waals surface area contributed by atoms with Gasteiger partial charge in [0, 0.05) is 13.7 Å². The molecular weight excluding hydrogens is 266 g/mol. The molecule has 2 N–H and O–H groups in total. The van der Waals surface area contributed by atoms with Crippen LogP contribution in [0.1, 0.15) is 5.56 Å². The van der Waals surface area contributed by atoms with E-state index >= 15 is 0 Å². The number of hydrogen-bond donors (Lipinski definition) is 2. The summed E-state index contributed by atoms with van der Waals surface area (Å²) in [5.74, 6) is 1.48. The van der Waals surface area contributed by atoms with Gasteiger partial charge < -0.3 is 19.5 Å². The van der Waals surface area contributed by atoms with Gasteiger partial charge in [-0.25, -0.2) is 0 Å². The molecule has 7 heteroatoms. The van der Waals surface area contributed by atoms with Gasteiger partial charge in [-0.1, -0.05) is 0 Å². The molecule has 1 aromatic rings. The SMILES string of the molecule is COCCNC(=S)NN=Cc1ccc2c(c1)OCO2. The summed E-state index contributed by atoms with van der Waals surface area (Å²) < 4.78 is 15.4. The van der Waals surface area contributed by atoms with Gasteiger partial charge in [-0.3, -0.25) is 5.43 Å². The van der Waals surface area contributed by atoms with Crippen LogP contribution in [-0.2, 0) is 4.74 Å². The van der Waals surface area contributed by atoms with Crippen LogP contribution in [0.25, 0.3) is 0 Å². The molecule has 1 heterocycles. The number of ether oxygens (including phenoxy) is 3. The van der Waals surface area contributed by atoms with Crippen LogP contribution in [0.5, 0.6) is 11.5 Å². The number of benzene rings is 1. The number of hydrogen-bond acceptors (Lipinski definition) is 5. The van der Waals surface area contributed by atoms with Crippen molar-refractivity contribution in [2.45, 2.75) is 0 Å². The lowest BCUT2D eigenvalue weighted by Gasteiger charge is -2.05. The lowest BCUT2D eigenvalue weighted by atomic mass is 10.2. The largest absolute Gasteiger partial charge is 0.454 e. The molecule has 0 unspecified atom stereocenters. The average Bonchev–Trinajstić information content (AvgIpc) is 2.86. The number of hydrazone groups is 1. The number of fused-ring (bicyclic) bond motifs is 1. The Morgan fingerprint density at radius 1 is 1.47 bits per heavy atom. The Labute approximate surface area is 116 Å². The first-order chi connectivity index (χ1) is 9.29. The van der Waals surface area contributed by atoms with E-state index in [2.05, 4.69) is 15.8 Å². The molecule has 0 saturated carbocycles. The third-order valence-electron chi connectivity index (χ3n) is 2.37. The van der Waals surface area contributed by atoms with Gasteiger partial charge in [-0.15, -0.1) is 0 Å². The highest BCUT2D eigenvalue weighted by Gasteiger charge is 2.12. The number of methoxy groups -OCH3 is 1. The van der Waals surface area contributed by atoms with Gasteiger partial charge >= 0.3 is 0 Å². The van der Waals surface area contributed by atoms with Gasteiger partial charge in [-0.05, 0) is 36.0 Å². The standard InChI is InChI=1S/C12H15N3O3S/c1-16-5-4-13-12(19)15-14-7-9-2-3-10-11(6-9)18-8-17-10/h2-3,6-7H,4-5,8H2,1H3,(H2,13,15,19). The summed E-state index contributed by atoms with van der Waals surface area (Å²) in [7, 11) is 1.63. The van der Waals surface area contributed by atoms with Crippen LogP contribution < -0.4 is 20.2 Å². The quantitative estimate of drug-likeness (QED) is 0.361. The lowest BCUT2D eigenvalue weighted by molar-refractivity contribution is 0.174. The van der Waals surface area contributed by atoms with Crippen LogP contribution in [0.3, 0.4) is 0 Å². The van der Waals surface area contributed by atoms with Gasteiger partial charge in [0.05, 0.1) is 12.8 Å². The Morgan fingerprint density at radius 2 is 2.32 bits per heavy atom. The first-order valence-electron chi connectivity index (χ1n) is 5.75. The molecule has 1 aliphatic heterocycles. The highest BCUT2D eigenvalue weighted by atomic mass is 32.1. The van der Waals surface area contributed by atoms with E-state index in [-0.39, 0.29) is 6.79 Å². The van der Waals surface area contributed by atoms with E-state index < -0.39 is 0 Å². The molecule has 0 aromatic heterocycles. The zero-order chi connectivity index (χ0) is 13.5. The predicted octanol–water partition coefficient (Wildman–Crippen LogP) is 0.860. The number of nitrogens with zero attached hydrogens (tertiary/aromatic N) is 1. The van der Waals surface area contributed by atoms with Crippen LogP contribution in [0.15, 0.2) is 23.3 Å². The molecule has 2 rings (SSSR count). The Bertz CT molecular complexity index is 479. The van der Waals surface area contributed by atoms with Crippen molar-refractivity contribution in [1.82, 2.24) is 10.7 Å². The summed E-state index contributed by atoms with van der Waals surface area (Å²) in [6.45, 7) is 1.50. The van der Waals surface area contributed by atoms with Crippen LogP contribution in [0.4, 0.5) is 0 Å².